The average molecular weight is 209 g/mol. The molecule has 0 aromatic rings. The lowest BCUT2D eigenvalue weighted by Gasteiger charge is -2.43. The van der Waals surface area contributed by atoms with Crippen LogP contribution in [0.2, 0.25) is 0 Å². The molecule has 5 heteroatoms. The summed E-state index contributed by atoms with van der Waals surface area (Å²) in [6.45, 7) is 6.14. The van der Waals surface area contributed by atoms with E-state index < -0.39 is 0 Å². The summed E-state index contributed by atoms with van der Waals surface area (Å²) in [5, 5.41) is 3.06. The van der Waals surface area contributed by atoms with Gasteiger partial charge in [0.2, 0.25) is 11.8 Å². The lowest BCUT2D eigenvalue weighted by Crippen LogP contribution is -2.65. The molecule has 2 aliphatic rings. The molecule has 2 fully saturated rings. The molecule has 0 saturated carbocycles. The Labute approximate surface area is 88.7 Å². The van der Waals surface area contributed by atoms with Crippen LogP contribution in [0.3, 0.4) is 0 Å². The van der Waals surface area contributed by atoms with E-state index in [-0.39, 0.29) is 24.4 Å². The zero-order valence-electron chi connectivity index (χ0n) is 8.61. The molecule has 5 nitrogen and oxygen atoms in total. The van der Waals surface area contributed by atoms with Gasteiger partial charge in [0.05, 0.1) is 12.6 Å². The maximum Gasteiger partial charge on any atom is 0.242 e. The van der Waals surface area contributed by atoms with Gasteiger partial charge in [0.25, 0.3) is 0 Å². The van der Waals surface area contributed by atoms with Crippen LogP contribution in [0.25, 0.3) is 0 Å². The van der Waals surface area contributed by atoms with Crippen molar-refractivity contribution in [1.29, 1.82) is 0 Å². The van der Waals surface area contributed by atoms with Crippen LogP contribution in [0, 0.1) is 0 Å². The standard InChI is InChI=1S/C10H15N3O2/c1-2-3-12-6-8-4-11-5-9(14)13(8)7-10(12)15/h2,8,11H,1,3-7H2. The number of nitrogens with zero attached hydrogens (tertiary/aromatic N) is 2. The van der Waals surface area contributed by atoms with Gasteiger partial charge < -0.3 is 15.1 Å². The molecule has 0 aromatic heterocycles. The molecule has 0 spiro atoms. The molecule has 0 aromatic carbocycles. The SMILES string of the molecule is C=CCN1CC2CNCC(=O)N2CC1=O. The highest BCUT2D eigenvalue weighted by atomic mass is 16.2. The zero-order chi connectivity index (χ0) is 10.8. The van der Waals surface area contributed by atoms with E-state index in [0.717, 1.165) is 6.54 Å². The summed E-state index contributed by atoms with van der Waals surface area (Å²) in [6, 6.07) is 0.129. The van der Waals surface area contributed by atoms with Crippen molar-refractivity contribution in [3.63, 3.8) is 0 Å². The minimum atomic E-state index is 0.0152. The average Bonchev–Trinajstić information content (AvgIpc) is 2.21. The van der Waals surface area contributed by atoms with Crippen molar-refractivity contribution in [3.05, 3.63) is 12.7 Å². The second kappa shape index (κ2) is 4.02. The lowest BCUT2D eigenvalue weighted by atomic mass is 10.1. The van der Waals surface area contributed by atoms with Crippen LogP contribution in [-0.2, 0) is 9.59 Å². The number of carbonyl (C=O) groups excluding carboxylic acids is 2. The Hall–Kier alpha value is -1.36. The Morgan fingerprint density at radius 1 is 1.47 bits per heavy atom. The summed E-state index contributed by atoms with van der Waals surface area (Å²) >= 11 is 0. The van der Waals surface area contributed by atoms with E-state index in [9.17, 15) is 9.59 Å². The van der Waals surface area contributed by atoms with Gasteiger partial charge in [0.15, 0.2) is 0 Å². The molecular formula is C10H15N3O2. The van der Waals surface area contributed by atoms with E-state index in [0.29, 0.717) is 19.6 Å². The summed E-state index contributed by atoms with van der Waals surface area (Å²) in [5.74, 6) is 0.0410. The van der Waals surface area contributed by atoms with Gasteiger partial charge in [-0.1, -0.05) is 6.08 Å². The van der Waals surface area contributed by atoms with Crippen LogP contribution in [0.5, 0.6) is 0 Å². The monoisotopic (exact) mass is 209 g/mol. The van der Waals surface area contributed by atoms with E-state index in [4.69, 9.17) is 0 Å². The van der Waals surface area contributed by atoms with Crippen molar-refractivity contribution in [3.8, 4) is 0 Å². The molecule has 2 saturated heterocycles. The molecule has 2 heterocycles. The number of nitrogens with one attached hydrogen (secondary N) is 1. The number of carbonyl (C=O) groups is 2. The third-order valence-corrected chi connectivity index (χ3v) is 2.86. The first-order valence-corrected chi connectivity index (χ1v) is 5.11. The van der Waals surface area contributed by atoms with Crippen molar-refractivity contribution < 1.29 is 9.59 Å². The fourth-order valence-electron chi connectivity index (χ4n) is 2.08. The molecule has 15 heavy (non-hydrogen) atoms. The van der Waals surface area contributed by atoms with Gasteiger partial charge in [-0.15, -0.1) is 6.58 Å². The topological polar surface area (TPSA) is 52.7 Å². The predicted molar refractivity (Wildman–Crippen MR) is 55.1 cm³/mol. The van der Waals surface area contributed by atoms with Gasteiger partial charge in [0.1, 0.15) is 6.54 Å². The molecule has 0 radical (unpaired) electrons. The van der Waals surface area contributed by atoms with Crippen LogP contribution in [-0.4, -0.2) is 60.4 Å². The third kappa shape index (κ3) is 1.87. The molecular weight excluding hydrogens is 194 g/mol. The Bertz CT molecular complexity index is 303. The van der Waals surface area contributed by atoms with Gasteiger partial charge in [-0.25, -0.2) is 0 Å². The number of fused-ring (bicyclic) bond motifs is 1. The van der Waals surface area contributed by atoms with Crippen LogP contribution < -0.4 is 5.32 Å². The van der Waals surface area contributed by atoms with E-state index in [1.165, 1.54) is 0 Å². The quantitative estimate of drug-likeness (QED) is 0.582. The number of hydrogen-bond acceptors (Lipinski definition) is 3. The molecule has 0 bridgehead atoms. The maximum absolute atomic E-state index is 11.6. The molecule has 1 N–H and O–H groups in total. The van der Waals surface area contributed by atoms with Crippen molar-refractivity contribution in [2.24, 2.45) is 0 Å². The largest absolute Gasteiger partial charge is 0.335 e. The zero-order valence-corrected chi connectivity index (χ0v) is 8.61. The van der Waals surface area contributed by atoms with E-state index in [2.05, 4.69) is 11.9 Å². The third-order valence-electron chi connectivity index (χ3n) is 2.86. The first kappa shape index (κ1) is 10.2. The van der Waals surface area contributed by atoms with Crippen LogP contribution in [0.15, 0.2) is 12.7 Å². The van der Waals surface area contributed by atoms with Crippen LogP contribution >= 0.6 is 0 Å². The lowest BCUT2D eigenvalue weighted by molar-refractivity contribution is -0.150. The maximum atomic E-state index is 11.6. The van der Waals surface area contributed by atoms with E-state index in [1.807, 2.05) is 0 Å². The highest BCUT2D eigenvalue weighted by molar-refractivity contribution is 5.87. The smallest absolute Gasteiger partial charge is 0.242 e. The Kier molecular flexibility index (Phi) is 2.73. The van der Waals surface area contributed by atoms with Gasteiger partial charge in [-0.05, 0) is 0 Å². The number of piperazine rings is 2. The molecule has 2 rings (SSSR count). The van der Waals surface area contributed by atoms with Gasteiger partial charge >= 0.3 is 0 Å². The molecule has 0 aliphatic carbocycles. The van der Waals surface area contributed by atoms with E-state index >= 15 is 0 Å². The molecule has 2 aliphatic heterocycles. The molecule has 1 unspecified atom stereocenters. The highest BCUT2D eigenvalue weighted by Gasteiger charge is 2.36. The fourth-order valence-corrected chi connectivity index (χ4v) is 2.08. The summed E-state index contributed by atoms with van der Waals surface area (Å²) in [5.41, 5.74) is 0. The number of hydrogen-bond donors (Lipinski definition) is 1. The first-order chi connectivity index (χ1) is 7.22. The Balaban J connectivity index is 2.07. The number of rotatable bonds is 2. The second-order valence-corrected chi connectivity index (χ2v) is 3.89. The second-order valence-electron chi connectivity index (χ2n) is 3.89. The minimum absolute atomic E-state index is 0.0152. The molecule has 1 atom stereocenters. The predicted octanol–water partition coefficient (Wildman–Crippen LogP) is -1.18. The van der Waals surface area contributed by atoms with E-state index in [1.54, 1.807) is 15.9 Å². The van der Waals surface area contributed by atoms with Crippen molar-refractivity contribution in [2.45, 2.75) is 6.04 Å². The normalized spacial score (nSPS) is 26.5. The van der Waals surface area contributed by atoms with Gasteiger partial charge in [0, 0.05) is 19.6 Å². The summed E-state index contributed by atoms with van der Waals surface area (Å²) in [4.78, 5) is 26.6. The van der Waals surface area contributed by atoms with Crippen molar-refractivity contribution in [2.75, 3.05) is 32.7 Å². The van der Waals surface area contributed by atoms with Gasteiger partial charge in [-0.3, -0.25) is 9.59 Å². The fraction of sp³-hybridized carbons (Fsp3) is 0.600. The Morgan fingerprint density at radius 3 is 3.00 bits per heavy atom. The number of amides is 2. The molecule has 82 valence electrons. The summed E-state index contributed by atoms with van der Waals surface area (Å²) in [6.07, 6.45) is 1.71. The Morgan fingerprint density at radius 2 is 2.27 bits per heavy atom. The minimum Gasteiger partial charge on any atom is -0.335 e. The molecule has 2 amide bonds. The highest BCUT2D eigenvalue weighted by Crippen LogP contribution is 2.13. The summed E-state index contributed by atoms with van der Waals surface area (Å²) in [7, 11) is 0. The van der Waals surface area contributed by atoms with Gasteiger partial charge in [-0.2, -0.15) is 0 Å². The summed E-state index contributed by atoms with van der Waals surface area (Å²) < 4.78 is 0. The van der Waals surface area contributed by atoms with Crippen molar-refractivity contribution in [1.82, 2.24) is 15.1 Å². The first-order valence-electron chi connectivity index (χ1n) is 5.11. The van der Waals surface area contributed by atoms with Crippen LogP contribution in [0.1, 0.15) is 0 Å². The van der Waals surface area contributed by atoms with Crippen molar-refractivity contribution >= 4 is 11.8 Å². The van der Waals surface area contributed by atoms with Crippen LogP contribution in [0.4, 0.5) is 0 Å².